The van der Waals surface area contributed by atoms with Gasteiger partial charge in [-0.15, -0.1) is 11.8 Å². The lowest BCUT2D eigenvalue weighted by molar-refractivity contribution is -0.140. The minimum atomic E-state index is -0.574. The van der Waals surface area contributed by atoms with Crippen LogP contribution >= 0.6 is 35.0 Å². The molecule has 0 spiro atoms. The summed E-state index contributed by atoms with van der Waals surface area (Å²) in [7, 11) is 0. The Morgan fingerprint density at radius 1 is 1.09 bits per heavy atom. The first kappa shape index (κ1) is 26.6. The molecule has 2 aromatic carbocycles. The van der Waals surface area contributed by atoms with E-state index in [9.17, 15) is 9.59 Å². The number of hydrogen-bond acceptors (Lipinski definition) is 3. The average Bonchev–Trinajstić information content (AvgIpc) is 2.70. The van der Waals surface area contributed by atoms with Crippen LogP contribution in [0.2, 0.25) is 10.0 Å². The third-order valence-corrected chi connectivity index (χ3v) is 6.67. The van der Waals surface area contributed by atoms with Crippen molar-refractivity contribution in [1.82, 2.24) is 10.2 Å². The summed E-state index contributed by atoms with van der Waals surface area (Å²) in [6.07, 6.45) is 0.511. The molecule has 174 valence electrons. The Morgan fingerprint density at radius 3 is 2.38 bits per heavy atom. The highest BCUT2D eigenvalue weighted by molar-refractivity contribution is 7.99. The first-order valence-electron chi connectivity index (χ1n) is 10.7. The Bertz CT molecular complexity index is 944. The fourth-order valence-corrected chi connectivity index (χ4v) is 4.62. The average molecular weight is 496 g/mol. The van der Waals surface area contributed by atoms with Gasteiger partial charge in [-0.1, -0.05) is 60.5 Å². The number of benzene rings is 2. The molecular weight excluding hydrogens is 463 g/mol. The first-order valence-corrected chi connectivity index (χ1v) is 12.6. The van der Waals surface area contributed by atoms with Crippen LogP contribution in [0.3, 0.4) is 0 Å². The largest absolute Gasteiger partial charge is 0.350 e. The second-order valence-corrected chi connectivity index (χ2v) is 10.7. The molecule has 0 radical (unpaired) electrons. The Morgan fingerprint density at radius 2 is 1.78 bits per heavy atom. The lowest BCUT2D eigenvalue weighted by Gasteiger charge is -2.33. The lowest BCUT2D eigenvalue weighted by Crippen LogP contribution is -2.53. The quantitative estimate of drug-likeness (QED) is 0.447. The van der Waals surface area contributed by atoms with E-state index >= 15 is 0 Å². The van der Waals surface area contributed by atoms with Gasteiger partial charge in [0.1, 0.15) is 6.04 Å². The van der Waals surface area contributed by atoms with Gasteiger partial charge < -0.3 is 10.2 Å². The topological polar surface area (TPSA) is 49.4 Å². The normalized spacial score (nSPS) is 12.3. The Hall–Kier alpha value is -1.69. The molecule has 0 saturated heterocycles. The molecule has 0 aromatic heterocycles. The molecule has 32 heavy (non-hydrogen) atoms. The van der Waals surface area contributed by atoms with Gasteiger partial charge in [-0.2, -0.15) is 0 Å². The van der Waals surface area contributed by atoms with E-state index in [-0.39, 0.29) is 29.7 Å². The standard InChI is InChI=1S/C25H32Cl2N2O2S/c1-6-22(24(31)28-25(3,4)5)29(14-18-11-12-20(26)21(27)13-18)23(30)16-32-15-19-10-8-7-9-17(19)2/h7-13,22H,6,14-16H2,1-5H3,(H,28,31)/t22-/m0/s1. The predicted molar refractivity (Wildman–Crippen MR) is 136 cm³/mol. The van der Waals surface area contributed by atoms with Crippen molar-refractivity contribution in [1.29, 1.82) is 0 Å². The molecule has 0 heterocycles. The minimum Gasteiger partial charge on any atom is -0.350 e. The number of halogens is 2. The smallest absolute Gasteiger partial charge is 0.243 e. The van der Waals surface area contributed by atoms with Gasteiger partial charge >= 0.3 is 0 Å². The van der Waals surface area contributed by atoms with Crippen molar-refractivity contribution in [3.63, 3.8) is 0 Å². The zero-order valence-corrected chi connectivity index (χ0v) is 21.7. The van der Waals surface area contributed by atoms with Gasteiger partial charge in [0.25, 0.3) is 0 Å². The summed E-state index contributed by atoms with van der Waals surface area (Å²) in [5.41, 5.74) is 2.86. The zero-order valence-electron chi connectivity index (χ0n) is 19.4. The molecule has 0 bridgehead atoms. The molecule has 0 aliphatic carbocycles. The second-order valence-electron chi connectivity index (χ2n) is 8.85. The Kier molecular flexibility index (Phi) is 9.93. The van der Waals surface area contributed by atoms with Gasteiger partial charge in [0.15, 0.2) is 0 Å². The highest BCUT2D eigenvalue weighted by atomic mass is 35.5. The molecule has 0 fully saturated rings. The van der Waals surface area contributed by atoms with Crippen molar-refractivity contribution in [2.45, 2.75) is 64.9 Å². The fraction of sp³-hybridized carbons (Fsp3) is 0.440. The summed E-state index contributed by atoms with van der Waals surface area (Å²) in [5, 5.41) is 3.90. The summed E-state index contributed by atoms with van der Waals surface area (Å²) >= 11 is 13.8. The van der Waals surface area contributed by atoms with Crippen LogP contribution in [0.5, 0.6) is 0 Å². The molecule has 0 saturated carbocycles. The lowest BCUT2D eigenvalue weighted by atomic mass is 10.1. The van der Waals surface area contributed by atoms with E-state index in [4.69, 9.17) is 23.2 Å². The minimum absolute atomic E-state index is 0.0782. The van der Waals surface area contributed by atoms with Crippen LogP contribution < -0.4 is 5.32 Å². The van der Waals surface area contributed by atoms with Crippen molar-refractivity contribution < 1.29 is 9.59 Å². The first-order chi connectivity index (χ1) is 15.0. The van der Waals surface area contributed by atoms with E-state index in [1.165, 1.54) is 11.1 Å². The van der Waals surface area contributed by atoms with Crippen molar-refractivity contribution in [2.75, 3.05) is 5.75 Å². The second kappa shape index (κ2) is 12.0. The number of hydrogen-bond donors (Lipinski definition) is 1. The van der Waals surface area contributed by atoms with Crippen LogP contribution in [0, 0.1) is 6.92 Å². The fourth-order valence-electron chi connectivity index (χ4n) is 3.31. The van der Waals surface area contributed by atoms with Crippen LogP contribution in [0.15, 0.2) is 42.5 Å². The van der Waals surface area contributed by atoms with E-state index in [0.717, 1.165) is 11.3 Å². The molecule has 2 rings (SSSR count). The van der Waals surface area contributed by atoms with Crippen molar-refractivity contribution in [2.24, 2.45) is 0 Å². The third kappa shape index (κ3) is 8.02. The van der Waals surface area contributed by atoms with Crippen LogP contribution in [-0.4, -0.2) is 34.0 Å². The van der Waals surface area contributed by atoms with E-state index in [0.29, 0.717) is 16.5 Å². The Balaban J connectivity index is 2.20. The Labute approximate surface area is 206 Å². The number of carbonyl (C=O) groups excluding carboxylic acids is 2. The maximum absolute atomic E-state index is 13.3. The molecule has 1 N–H and O–H groups in total. The van der Waals surface area contributed by atoms with Gasteiger partial charge in [0.2, 0.25) is 11.8 Å². The number of aryl methyl sites for hydroxylation is 1. The van der Waals surface area contributed by atoms with Crippen LogP contribution in [0.1, 0.15) is 50.8 Å². The third-order valence-electron chi connectivity index (χ3n) is 4.97. The molecular formula is C25H32Cl2N2O2S. The van der Waals surface area contributed by atoms with Gasteiger partial charge in [-0.25, -0.2) is 0 Å². The molecule has 0 aliphatic rings. The summed E-state index contributed by atoms with van der Waals surface area (Å²) in [6.45, 7) is 10.1. The number of carbonyl (C=O) groups is 2. The number of thioether (sulfide) groups is 1. The van der Waals surface area contributed by atoms with Gasteiger partial charge in [0.05, 0.1) is 15.8 Å². The number of amides is 2. The van der Waals surface area contributed by atoms with Crippen molar-refractivity contribution in [3.05, 3.63) is 69.2 Å². The van der Waals surface area contributed by atoms with Crippen molar-refractivity contribution >= 4 is 46.8 Å². The summed E-state index contributed by atoms with van der Waals surface area (Å²) in [6, 6.07) is 12.9. The number of rotatable bonds is 9. The number of nitrogens with one attached hydrogen (secondary N) is 1. The maximum Gasteiger partial charge on any atom is 0.243 e. The van der Waals surface area contributed by atoms with Gasteiger partial charge in [0, 0.05) is 17.8 Å². The molecule has 0 aliphatic heterocycles. The van der Waals surface area contributed by atoms with Crippen molar-refractivity contribution in [3.8, 4) is 0 Å². The van der Waals surface area contributed by atoms with Gasteiger partial charge in [-0.05, 0) is 62.9 Å². The summed E-state index contributed by atoms with van der Waals surface area (Å²) in [4.78, 5) is 28.0. The predicted octanol–water partition coefficient (Wildman–Crippen LogP) is 6.26. The van der Waals surface area contributed by atoms with Crippen LogP contribution in [0.4, 0.5) is 0 Å². The zero-order chi connectivity index (χ0) is 23.9. The molecule has 4 nitrogen and oxygen atoms in total. The SMILES string of the molecule is CC[C@@H](C(=O)NC(C)(C)C)N(Cc1ccc(Cl)c(Cl)c1)C(=O)CSCc1ccccc1C. The van der Waals surface area contributed by atoms with E-state index in [1.54, 1.807) is 28.8 Å². The molecule has 2 aromatic rings. The number of nitrogens with zero attached hydrogens (tertiary/aromatic N) is 1. The van der Waals surface area contributed by atoms with Crippen LogP contribution in [-0.2, 0) is 21.9 Å². The van der Waals surface area contributed by atoms with Crippen LogP contribution in [0.25, 0.3) is 0 Å². The molecule has 2 amide bonds. The molecule has 0 unspecified atom stereocenters. The highest BCUT2D eigenvalue weighted by Crippen LogP contribution is 2.25. The monoisotopic (exact) mass is 494 g/mol. The van der Waals surface area contributed by atoms with E-state index < -0.39 is 6.04 Å². The highest BCUT2D eigenvalue weighted by Gasteiger charge is 2.30. The summed E-state index contributed by atoms with van der Waals surface area (Å²) < 4.78 is 0. The molecule has 7 heteroatoms. The molecule has 1 atom stereocenters. The maximum atomic E-state index is 13.3. The van der Waals surface area contributed by atoms with E-state index in [1.807, 2.05) is 45.9 Å². The van der Waals surface area contributed by atoms with E-state index in [2.05, 4.69) is 24.4 Å². The summed E-state index contributed by atoms with van der Waals surface area (Å²) in [5.74, 6) is 0.793. The van der Waals surface area contributed by atoms with Gasteiger partial charge in [-0.3, -0.25) is 9.59 Å².